The Bertz CT molecular complexity index is 755. The molecule has 0 atom stereocenters. The van der Waals surface area contributed by atoms with Crippen molar-refractivity contribution in [3.63, 3.8) is 0 Å². The molecule has 3 rings (SSSR count). The number of anilines is 2. The van der Waals surface area contributed by atoms with Crippen molar-refractivity contribution in [2.24, 2.45) is 0 Å². The molecule has 0 saturated heterocycles. The van der Waals surface area contributed by atoms with Crippen LogP contribution in [0.4, 0.5) is 11.6 Å². The third kappa shape index (κ3) is 5.68. The highest BCUT2D eigenvalue weighted by molar-refractivity contribution is 6.31. The van der Waals surface area contributed by atoms with Gasteiger partial charge in [-0.2, -0.15) is 9.97 Å². The van der Waals surface area contributed by atoms with Crippen molar-refractivity contribution in [3.8, 4) is 0 Å². The summed E-state index contributed by atoms with van der Waals surface area (Å²) in [7, 11) is 1.83. The molecule has 0 amide bonds. The van der Waals surface area contributed by atoms with Crippen LogP contribution in [0.1, 0.15) is 0 Å². The molecule has 0 unspecified atom stereocenters. The van der Waals surface area contributed by atoms with Gasteiger partial charge in [0.15, 0.2) is 0 Å². The second kappa shape index (κ2) is 8.89. The van der Waals surface area contributed by atoms with Crippen LogP contribution in [0.3, 0.4) is 0 Å². The van der Waals surface area contributed by atoms with E-state index in [-0.39, 0.29) is 15.9 Å². The predicted octanol–water partition coefficient (Wildman–Crippen LogP) is 4.12. The lowest BCUT2D eigenvalue weighted by Gasteiger charge is -2.16. The van der Waals surface area contributed by atoms with E-state index >= 15 is 0 Å². The summed E-state index contributed by atoms with van der Waals surface area (Å²) in [5.41, 5.74) is 0.884. The highest BCUT2D eigenvalue weighted by Crippen LogP contribution is 2.23. The molecule has 0 saturated carbocycles. The highest BCUT2D eigenvalue weighted by atomic mass is 35.5. The van der Waals surface area contributed by atoms with Gasteiger partial charge in [-0.1, -0.05) is 17.7 Å². The molecule has 0 fully saturated rings. The molecule has 11 heteroatoms. The molecular formula is C13H9Cl4N7. The largest absolute Gasteiger partial charge is 0.313 e. The van der Waals surface area contributed by atoms with Crippen LogP contribution in [0.5, 0.6) is 0 Å². The number of benzene rings is 1. The zero-order valence-corrected chi connectivity index (χ0v) is 15.1. The minimum absolute atomic E-state index is 0.116. The summed E-state index contributed by atoms with van der Waals surface area (Å²) in [4.78, 5) is 24.0. The quantitative estimate of drug-likeness (QED) is 0.635. The Morgan fingerprint density at radius 2 is 1.38 bits per heavy atom. The molecular weight excluding hydrogens is 396 g/mol. The number of hydrogen-bond donors (Lipinski definition) is 0. The van der Waals surface area contributed by atoms with E-state index in [1.165, 1.54) is 12.7 Å². The summed E-state index contributed by atoms with van der Waals surface area (Å²) in [6.07, 6.45) is 2.61. The number of aromatic nitrogens is 6. The first-order chi connectivity index (χ1) is 11.5. The van der Waals surface area contributed by atoms with Crippen LogP contribution >= 0.6 is 46.4 Å². The van der Waals surface area contributed by atoms with Crippen molar-refractivity contribution >= 4 is 58.0 Å². The Morgan fingerprint density at radius 1 is 0.792 bits per heavy atom. The molecule has 0 bridgehead atoms. The molecule has 24 heavy (non-hydrogen) atoms. The second-order valence-corrected chi connectivity index (χ2v) is 5.57. The van der Waals surface area contributed by atoms with Gasteiger partial charge in [0.05, 0.1) is 0 Å². The zero-order valence-electron chi connectivity index (χ0n) is 12.1. The van der Waals surface area contributed by atoms with E-state index in [0.717, 1.165) is 5.69 Å². The summed E-state index contributed by atoms with van der Waals surface area (Å²) < 4.78 is 0. The van der Waals surface area contributed by atoms with E-state index in [1.807, 2.05) is 25.2 Å². The zero-order chi connectivity index (χ0) is 17.5. The average molecular weight is 405 g/mol. The van der Waals surface area contributed by atoms with Crippen molar-refractivity contribution in [1.82, 2.24) is 29.9 Å². The van der Waals surface area contributed by atoms with Gasteiger partial charge in [0.25, 0.3) is 0 Å². The first-order valence-corrected chi connectivity index (χ1v) is 7.81. The molecule has 0 aliphatic heterocycles. The van der Waals surface area contributed by atoms with E-state index in [1.54, 1.807) is 11.0 Å². The molecule has 1 aromatic carbocycles. The van der Waals surface area contributed by atoms with Gasteiger partial charge in [0, 0.05) is 17.8 Å². The van der Waals surface area contributed by atoms with Gasteiger partial charge in [0.1, 0.15) is 12.7 Å². The van der Waals surface area contributed by atoms with Crippen LogP contribution in [0.25, 0.3) is 0 Å². The molecule has 0 radical (unpaired) electrons. The maximum Gasteiger partial charge on any atom is 0.233 e. The van der Waals surface area contributed by atoms with Gasteiger partial charge in [-0.3, -0.25) is 0 Å². The van der Waals surface area contributed by atoms with Crippen molar-refractivity contribution in [2.75, 3.05) is 11.9 Å². The molecule has 0 spiro atoms. The minimum Gasteiger partial charge on any atom is -0.313 e. The Balaban J connectivity index is 0.000000219. The Labute approximate surface area is 157 Å². The van der Waals surface area contributed by atoms with E-state index in [2.05, 4.69) is 29.9 Å². The average Bonchev–Trinajstić information content (AvgIpc) is 2.54. The third-order valence-corrected chi connectivity index (χ3v) is 3.32. The number of nitrogens with zero attached hydrogens (tertiary/aromatic N) is 7. The van der Waals surface area contributed by atoms with Crippen LogP contribution in [0.15, 0.2) is 36.9 Å². The van der Waals surface area contributed by atoms with Crippen LogP contribution in [0.2, 0.25) is 20.9 Å². The molecule has 0 aliphatic carbocycles. The molecule has 2 heterocycles. The van der Waals surface area contributed by atoms with Gasteiger partial charge in [-0.25, -0.2) is 19.9 Å². The number of hydrogen-bond acceptors (Lipinski definition) is 7. The molecule has 7 nitrogen and oxygen atoms in total. The van der Waals surface area contributed by atoms with Gasteiger partial charge >= 0.3 is 0 Å². The topological polar surface area (TPSA) is 80.6 Å². The van der Waals surface area contributed by atoms with Gasteiger partial charge in [-0.05, 0) is 53.0 Å². The van der Waals surface area contributed by atoms with E-state index in [9.17, 15) is 0 Å². The Morgan fingerprint density at radius 3 is 1.88 bits per heavy atom. The summed E-state index contributed by atoms with van der Waals surface area (Å²) in [5, 5.41) is 1.05. The maximum atomic E-state index is 5.90. The summed E-state index contributed by atoms with van der Waals surface area (Å²) in [6, 6.07) is 7.39. The van der Waals surface area contributed by atoms with Crippen LogP contribution in [-0.2, 0) is 0 Å². The normalized spacial score (nSPS) is 9.88. The fraction of sp³-hybridized carbons (Fsp3) is 0.0769. The summed E-state index contributed by atoms with van der Waals surface area (Å²) in [5.74, 6) is 0.474. The molecule has 0 aliphatic rings. The standard InChI is InChI=1S/C10H8Cl2N4.C3HCl2N3/c1-16(8-4-2-3-7(11)5-8)10-14-6-13-9(12)15-10;4-2-6-1-7-3(5)8-2/h2-6H,1H3;1H. The first-order valence-electron chi connectivity index (χ1n) is 6.29. The van der Waals surface area contributed by atoms with Crippen LogP contribution < -0.4 is 4.90 Å². The van der Waals surface area contributed by atoms with Gasteiger partial charge < -0.3 is 4.90 Å². The summed E-state index contributed by atoms with van der Waals surface area (Å²) in [6.45, 7) is 0. The lowest BCUT2D eigenvalue weighted by atomic mass is 10.3. The van der Waals surface area contributed by atoms with E-state index in [0.29, 0.717) is 11.0 Å². The fourth-order valence-electron chi connectivity index (χ4n) is 1.49. The predicted molar refractivity (Wildman–Crippen MR) is 94.2 cm³/mol. The second-order valence-electron chi connectivity index (χ2n) is 4.12. The SMILES string of the molecule is CN(c1cccc(Cl)c1)c1ncnc(Cl)n1.Clc1ncnc(Cl)n1. The van der Waals surface area contributed by atoms with E-state index < -0.39 is 0 Å². The third-order valence-electron chi connectivity index (χ3n) is 2.54. The van der Waals surface area contributed by atoms with E-state index in [4.69, 9.17) is 46.4 Å². The van der Waals surface area contributed by atoms with Crippen molar-refractivity contribution in [3.05, 3.63) is 57.8 Å². The van der Waals surface area contributed by atoms with Crippen molar-refractivity contribution < 1.29 is 0 Å². The molecule has 3 aromatic rings. The summed E-state index contributed by atoms with van der Waals surface area (Å²) >= 11 is 22.2. The Kier molecular flexibility index (Phi) is 6.86. The fourth-order valence-corrected chi connectivity index (χ4v) is 2.08. The number of rotatable bonds is 2. The minimum atomic E-state index is 0.116. The maximum absolute atomic E-state index is 5.90. The lowest BCUT2D eigenvalue weighted by Crippen LogP contribution is -2.13. The lowest BCUT2D eigenvalue weighted by molar-refractivity contribution is 0.985. The van der Waals surface area contributed by atoms with Crippen LogP contribution in [-0.4, -0.2) is 37.0 Å². The number of halogens is 4. The van der Waals surface area contributed by atoms with Gasteiger partial charge in [-0.15, -0.1) is 0 Å². The Hall–Kier alpha value is -1.80. The highest BCUT2D eigenvalue weighted by Gasteiger charge is 2.07. The molecule has 124 valence electrons. The molecule has 2 aromatic heterocycles. The van der Waals surface area contributed by atoms with Gasteiger partial charge in [0.2, 0.25) is 21.8 Å². The van der Waals surface area contributed by atoms with Crippen LogP contribution in [0, 0.1) is 0 Å². The van der Waals surface area contributed by atoms with Crippen molar-refractivity contribution in [1.29, 1.82) is 0 Å². The monoisotopic (exact) mass is 403 g/mol. The smallest absolute Gasteiger partial charge is 0.233 e. The molecule has 0 N–H and O–H groups in total. The van der Waals surface area contributed by atoms with Crippen molar-refractivity contribution in [2.45, 2.75) is 0 Å². The first kappa shape index (κ1) is 18.5.